The van der Waals surface area contributed by atoms with Crippen LogP contribution in [0, 0.1) is 17.1 Å². The second-order valence-electron chi connectivity index (χ2n) is 4.54. The van der Waals surface area contributed by atoms with Gasteiger partial charge in [-0.25, -0.2) is 17.6 Å². The van der Waals surface area contributed by atoms with E-state index in [-0.39, 0.29) is 21.8 Å². The first-order valence-electron chi connectivity index (χ1n) is 6.39. The predicted molar refractivity (Wildman–Crippen MR) is 84.7 cm³/mol. The number of esters is 1. The van der Waals surface area contributed by atoms with Gasteiger partial charge in [-0.05, 0) is 36.4 Å². The molecule has 0 atom stereocenters. The number of sulfonamides is 1. The smallest absolute Gasteiger partial charge is 0.339 e. The molecule has 0 bridgehead atoms. The summed E-state index contributed by atoms with van der Waals surface area (Å²) in [5.41, 5.74) is -0.453. The molecule has 0 spiro atoms. The van der Waals surface area contributed by atoms with Crippen molar-refractivity contribution in [1.82, 2.24) is 0 Å². The van der Waals surface area contributed by atoms with Crippen LogP contribution in [0.3, 0.4) is 0 Å². The van der Waals surface area contributed by atoms with Crippen molar-refractivity contribution in [2.75, 3.05) is 11.8 Å². The summed E-state index contributed by atoms with van der Waals surface area (Å²) in [4.78, 5) is 11.3. The van der Waals surface area contributed by atoms with Gasteiger partial charge in [0.15, 0.2) is 0 Å². The van der Waals surface area contributed by atoms with Crippen LogP contribution < -0.4 is 4.72 Å². The topological polar surface area (TPSA) is 96.3 Å². The van der Waals surface area contributed by atoms with E-state index in [4.69, 9.17) is 16.9 Å². The standard InChI is InChI=1S/C15H10ClFN2O4S/c1-23-15(20)12-5-3-10(16)6-14(12)19-24(21,22)11-4-2-9(8-18)13(17)7-11/h2-7,19H,1H3. The predicted octanol–water partition coefficient (Wildman–Crippen LogP) is 2.94. The molecule has 0 unspecified atom stereocenters. The van der Waals surface area contributed by atoms with Crippen LogP contribution in [-0.2, 0) is 14.8 Å². The Labute approximate surface area is 142 Å². The number of carbonyl (C=O) groups is 1. The van der Waals surface area contributed by atoms with Crippen molar-refractivity contribution in [3.8, 4) is 6.07 Å². The second-order valence-corrected chi connectivity index (χ2v) is 6.66. The van der Waals surface area contributed by atoms with Gasteiger partial charge >= 0.3 is 5.97 Å². The van der Waals surface area contributed by atoms with Crippen molar-refractivity contribution >= 4 is 33.3 Å². The lowest BCUT2D eigenvalue weighted by Gasteiger charge is -2.12. The van der Waals surface area contributed by atoms with Gasteiger partial charge in [-0.15, -0.1) is 0 Å². The monoisotopic (exact) mass is 368 g/mol. The van der Waals surface area contributed by atoms with Crippen LogP contribution in [0.15, 0.2) is 41.3 Å². The van der Waals surface area contributed by atoms with Gasteiger partial charge < -0.3 is 4.74 Å². The molecule has 0 heterocycles. The lowest BCUT2D eigenvalue weighted by Crippen LogP contribution is -2.16. The van der Waals surface area contributed by atoms with Crippen molar-refractivity contribution in [3.05, 3.63) is 58.4 Å². The number of halogens is 2. The SMILES string of the molecule is COC(=O)c1ccc(Cl)cc1NS(=O)(=O)c1ccc(C#N)c(F)c1. The normalized spacial score (nSPS) is 10.8. The molecule has 2 aromatic carbocycles. The Hall–Kier alpha value is -2.63. The first-order chi connectivity index (χ1) is 11.3. The van der Waals surface area contributed by atoms with Gasteiger partial charge in [0.2, 0.25) is 0 Å². The number of carbonyl (C=O) groups excluding carboxylic acids is 1. The molecule has 6 nitrogen and oxygen atoms in total. The fourth-order valence-corrected chi connectivity index (χ4v) is 3.10. The molecule has 0 saturated carbocycles. The number of hydrogen-bond donors (Lipinski definition) is 1. The van der Waals surface area contributed by atoms with Gasteiger partial charge in [-0.3, -0.25) is 4.72 Å². The first kappa shape index (κ1) is 17.7. The number of hydrogen-bond acceptors (Lipinski definition) is 5. The molecule has 0 amide bonds. The van der Waals surface area contributed by atoms with Gasteiger partial charge in [-0.1, -0.05) is 11.6 Å². The Balaban J connectivity index is 2.47. The first-order valence-corrected chi connectivity index (χ1v) is 8.25. The zero-order valence-corrected chi connectivity index (χ0v) is 13.8. The summed E-state index contributed by atoms with van der Waals surface area (Å²) in [5.74, 6) is -1.74. The van der Waals surface area contributed by atoms with E-state index in [1.54, 1.807) is 6.07 Å². The third-order valence-electron chi connectivity index (χ3n) is 3.00. The van der Waals surface area contributed by atoms with Crippen LogP contribution in [0.1, 0.15) is 15.9 Å². The molecule has 2 aromatic rings. The Kier molecular flexibility index (Phi) is 5.07. The molecule has 0 saturated heterocycles. The van der Waals surface area contributed by atoms with E-state index in [0.29, 0.717) is 6.07 Å². The van der Waals surface area contributed by atoms with E-state index in [2.05, 4.69) is 9.46 Å². The van der Waals surface area contributed by atoms with Gasteiger partial charge in [0.25, 0.3) is 10.0 Å². The molecule has 0 aliphatic heterocycles. The maximum absolute atomic E-state index is 13.6. The number of ether oxygens (including phenoxy) is 1. The quantitative estimate of drug-likeness (QED) is 0.837. The number of nitriles is 1. The molecular weight excluding hydrogens is 359 g/mol. The second kappa shape index (κ2) is 6.86. The lowest BCUT2D eigenvalue weighted by atomic mass is 10.2. The number of anilines is 1. The van der Waals surface area contributed by atoms with E-state index in [1.165, 1.54) is 18.2 Å². The summed E-state index contributed by atoms with van der Waals surface area (Å²) in [6, 6.07) is 8.35. The Morgan fingerprint density at radius 1 is 1.29 bits per heavy atom. The largest absolute Gasteiger partial charge is 0.465 e. The van der Waals surface area contributed by atoms with Crippen molar-refractivity contribution in [1.29, 1.82) is 5.26 Å². The molecule has 0 fully saturated rings. The van der Waals surface area contributed by atoms with Crippen LogP contribution in [0.5, 0.6) is 0 Å². The number of rotatable bonds is 4. The minimum atomic E-state index is -4.21. The minimum absolute atomic E-state index is 0.0559. The van der Waals surface area contributed by atoms with Gasteiger partial charge in [0, 0.05) is 5.02 Å². The van der Waals surface area contributed by atoms with Crippen molar-refractivity contribution in [2.45, 2.75) is 4.90 Å². The highest BCUT2D eigenvalue weighted by atomic mass is 35.5. The Morgan fingerprint density at radius 2 is 2.00 bits per heavy atom. The van der Waals surface area contributed by atoms with Crippen LogP contribution in [-0.4, -0.2) is 21.5 Å². The molecule has 0 aliphatic rings. The fourth-order valence-electron chi connectivity index (χ4n) is 1.85. The number of nitrogens with one attached hydrogen (secondary N) is 1. The van der Waals surface area contributed by atoms with Crippen LogP contribution >= 0.6 is 11.6 Å². The number of methoxy groups -OCH3 is 1. The molecule has 0 radical (unpaired) electrons. The van der Waals surface area contributed by atoms with E-state index in [1.807, 2.05) is 0 Å². The molecule has 2 rings (SSSR count). The summed E-state index contributed by atoms with van der Waals surface area (Å²) in [6.45, 7) is 0. The highest BCUT2D eigenvalue weighted by Gasteiger charge is 2.21. The Morgan fingerprint density at radius 3 is 2.58 bits per heavy atom. The van der Waals surface area contributed by atoms with Crippen molar-refractivity contribution < 1.29 is 22.3 Å². The van der Waals surface area contributed by atoms with Crippen molar-refractivity contribution in [2.24, 2.45) is 0 Å². The summed E-state index contributed by atoms with van der Waals surface area (Å²) in [5, 5.41) is 8.87. The van der Waals surface area contributed by atoms with Crippen LogP contribution in [0.4, 0.5) is 10.1 Å². The van der Waals surface area contributed by atoms with Gasteiger partial charge in [-0.2, -0.15) is 5.26 Å². The van der Waals surface area contributed by atoms with Crippen molar-refractivity contribution in [3.63, 3.8) is 0 Å². The molecule has 24 heavy (non-hydrogen) atoms. The summed E-state index contributed by atoms with van der Waals surface area (Å²) < 4.78 is 45.1. The van der Waals surface area contributed by atoms with E-state index < -0.39 is 26.7 Å². The summed E-state index contributed by atoms with van der Waals surface area (Å²) >= 11 is 5.82. The highest BCUT2D eigenvalue weighted by molar-refractivity contribution is 7.92. The van der Waals surface area contributed by atoms with Crippen LogP contribution in [0.2, 0.25) is 5.02 Å². The van der Waals surface area contributed by atoms with Gasteiger partial charge in [0.05, 0.1) is 28.8 Å². The number of nitrogens with zero attached hydrogens (tertiary/aromatic N) is 1. The van der Waals surface area contributed by atoms with E-state index in [9.17, 15) is 17.6 Å². The molecule has 124 valence electrons. The molecular formula is C15H10ClFN2O4S. The average molecular weight is 369 g/mol. The Bertz CT molecular complexity index is 954. The molecule has 9 heteroatoms. The summed E-state index contributed by atoms with van der Waals surface area (Å²) in [7, 11) is -3.06. The lowest BCUT2D eigenvalue weighted by molar-refractivity contribution is 0.0602. The maximum atomic E-state index is 13.6. The molecule has 1 N–H and O–H groups in total. The zero-order chi connectivity index (χ0) is 17.9. The fraction of sp³-hybridized carbons (Fsp3) is 0.0667. The third kappa shape index (κ3) is 3.64. The zero-order valence-electron chi connectivity index (χ0n) is 12.2. The van der Waals surface area contributed by atoms with Crippen LogP contribution in [0.25, 0.3) is 0 Å². The van der Waals surface area contributed by atoms with E-state index in [0.717, 1.165) is 19.2 Å². The minimum Gasteiger partial charge on any atom is -0.465 e. The van der Waals surface area contributed by atoms with Gasteiger partial charge in [0.1, 0.15) is 11.9 Å². The van der Waals surface area contributed by atoms with E-state index >= 15 is 0 Å². The maximum Gasteiger partial charge on any atom is 0.339 e. The average Bonchev–Trinajstić information content (AvgIpc) is 2.53. The third-order valence-corrected chi connectivity index (χ3v) is 4.60. The molecule has 0 aromatic heterocycles. The summed E-state index contributed by atoms with van der Waals surface area (Å²) in [6.07, 6.45) is 0. The number of benzene rings is 2. The highest BCUT2D eigenvalue weighted by Crippen LogP contribution is 2.25. The molecule has 0 aliphatic carbocycles.